The summed E-state index contributed by atoms with van der Waals surface area (Å²) in [5, 5.41) is 2.62. The third-order valence-electron chi connectivity index (χ3n) is 2.06. The molecule has 4 heteroatoms. The second kappa shape index (κ2) is 3.90. The van der Waals surface area contributed by atoms with Gasteiger partial charge in [0, 0.05) is 5.56 Å². The third kappa shape index (κ3) is 2.10. The number of ether oxygens (including phenoxy) is 2. The number of hydrogen-bond acceptors (Lipinski definition) is 3. The van der Waals surface area contributed by atoms with Crippen LogP contribution in [0.1, 0.15) is 25.6 Å². The van der Waals surface area contributed by atoms with E-state index < -0.39 is 12.3 Å². The van der Waals surface area contributed by atoms with Crippen molar-refractivity contribution < 1.29 is 14.3 Å². The van der Waals surface area contributed by atoms with Crippen molar-refractivity contribution in [3.63, 3.8) is 0 Å². The first-order chi connectivity index (χ1) is 7.16. The van der Waals surface area contributed by atoms with Crippen molar-refractivity contribution in [1.29, 1.82) is 0 Å². The summed E-state index contributed by atoms with van der Waals surface area (Å²) in [6.07, 6.45) is -0.844. The molecule has 0 fully saturated rings. The van der Waals surface area contributed by atoms with Gasteiger partial charge in [0.2, 0.25) is 0 Å². The highest BCUT2D eigenvalue weighted by Gasteiger charge is 2.26. The number of para-hydroxylation sites is 1. The van der Waals surface area contributed by atoms with Crippen LogP contribution in [0.15, 0.2) is 24.3 Å². The Bertz CT molecular complexity index is 376. The van der Waals surface area contributed by atoms with Crippen LogP contribution in [0.3, 0.4) is 0 Å². The number of hydrogen-bond donors (Lipinski definition) is 1. The van der Waals surface area contributed by atoms with E-state index in [1.165, 1.54) is 0 Å². The van der Waals surface area contributed by atoms with Crippen LogP contribution in [0.5, 0.6) is 5.75 Å². The van der Waals surface area contributed by atoms with Gasteiger partial charge in [-0.05, 0) is 19.9 Å². The Morgan fingerprint density at radius 3 is 2.87 bits per heavy atom. The molecule has 0 aromatic heterocycles. The quantitative estimate of drug-likeness (QED) is 0.808. The lowest BCUT2D eigenvalue weighted by Gasteiger charge is -2.27. The minimum Gasteiger partial charge on any atom is -0.410 e. The van der Waals surface area contributed by atoms with Gasteiger partial charge in [0.25, 0.3) is 0 Å². The Morgan fingerprint density at radius 1 is 1.40 bits per heavy atom. The van der Waals surface area contributed by atoms with E-state index in [1.54, 1.807) is 6.07 Å². The van der Waals surface area contributed by atoms with Gasteiger partial charge in [-0.15, -0.1) is 0 Å². The summed E-state index contributed by atoms with van der Waals surface area (Å²) in [7, 11) is 0. The Labute approximate surface area is 88.2 Å². The van der Waals surface area contributed by atoms with Crippen molar-refractivity contribution in [1.82, 2.24) is 5.32 Å². The molecule has 0 saturated heterocycles. The zero-order chi connectivity index (χ0) is 10.8. The third-order valence-corrected chi connectivity index (χ3v) is 2.06. The van der Waals surface area contributed by atoms with E-state index >= 15 is 0 Å². The molecule has 1 aliphatic heterocycles. The van der Waals surface area contributed by atoms with Gasteiger partial charge in [-0.1, -0.05) is 18.2 Å². The molecule has 0 radical (unpaired) electrons. The zero-order valence-electron chi connectivity index (χ0n) is 8.69. The molecule has 1 N–H and O–H groups in total. The van der Waals surface area contributed by atoms with Gasteiger partial charge in [-0.2, -0.15) is 0 Å². The van der Waals surface area contributed by atoms with Crippen LogP contribution in [-0.4, -0.2) is 12.2 Å². The lowest BCUT2D eigenvalue weighted by atomic mass is 10.1. The van der Waals surface area contributed by atoms with Crippen molar-refractivity contribution in [2.75, 3.05) is 0 Å². The molecule has 80 valence electrons. The Hall–Kier alpha value is -1.55. The molecular formula is C11H13NO3. The summed E-state index contributed by atoms with van der Waals surface area (Å²) in [5.41, 5.74) is 0.853. The van der Waals surface area contributed by atoms with Crippen LogP contribution in [0.25, 0.3) is 0 Å². The van der Waals surface area contributed by atoms with Crippen LogP contribution in [0.4, 0.5) is 4.79 Å². The largest absolute Gasteiger partial charge is 0.414 e. The smallest absolute Gasteiger partial charge is 0.410 e. The molecule has 1 aromatic carbocycles. The zero-order valence-corrected chi connectivity index (χ0v) is 8.69. The Morgan fingerprint density at radius 2 is 2.13 bits per heavy atom. The average Bonchev–Trinajstić information content (AvgIpc) is 2.16. The number of amides is 1. The minimum atomic E-state index is -0.473. The molecule has 0 spiro atoms. The van der Waals surface area contributed by atoms with Gasteiger partial charge in [0.1, 0.15) is 5.75 Å². The van der Waals surface area contributed by atoms with Crippen molar-refractivity contribution in [2.45, 2.75) is 26.2 Å². The van der Waals surface area contributed by atoms with Gasteiger partial charge in [0.15, 0.2) is 6.23 Å². The molecule has 1 atom stereocenters. The van der Waals surface area contributed by atoms with Gasteiger partial charge in [-0.3, -0.25) is 5.32 Å². The minimum absolute atomic E-state index is 0.0430. The molecule has 1 aliphatic rings. The summed E-state index contributed by atoms with van der Waals surface area (Å²) < 4.78 is 10.6. The molecule has 0 saturated carbocycles. The molecule has 1 aromatic rings. The topological polar surface area (TPSA) is 47.6 Å². The molecule has 2 rings (SSSR count). The molecule has 1 heterocycles. The average molecular weight is 207 g/mol. The molecule has 0 bridgehead atoms. The first-order valence-corrected chi connectivity index (χ1v) is 4.89. The van der Waals surface area contributed by atoms with Crippen molar-refractivity contribution in [3.8, 4) is 5.75 Å². The van der Waals surface area contributed by atoms with E-state index in [0.717, 1.165) is 5.56 Å². The summed E-state index contributed by atoms with van der Waals surface area (Å²) in [5.74, 6) is 0.562. The fourth-order valence-corrected chi connectivity index (χ4v) is 1.48. The van der Waals surface area contributed by atoms with E-state index in [1.807, 2.05) is 32.0 Å². The molecule has 4 nitrogen and oxygen atoms in total. The van der Waals surface area contributed by atoms with Gasteiger partial charge >= 0.3 is 6.09 Å². The molecular weight excluding hydrogens is 194 g/mol. The highest BCUT2D eigenvalue weighted by atomic mass is 16.6. The van der Waals surface area contributed by atoms with E-state index in [2.05, 4.69) is 5.32 Å². The van der Waals surface area contributed by atoms with E-state index in [0.29, 0.717) is 5.75 Å². The number of carbonyl (C=O) groups is 1. The summed E-state index contributed by atoms with van der Waals surface area (Å²) in [6, 6.07) is 7.34. The standard InChI is InChI=1S/C11H13NO3/c1-7(2)14-10-8-5-3-4-6-9(8)15-11(13)12-10/h3-7,10H,1-2H3,(H,12,13)/t10-/m1/s1. The summed E-state index contributed by atoms with van der Waals surface area (Å²) >= 11 is 0. The summed E-state index contributed by atoms with van der Waals surface area (Å²) in [4.78, 5) is 11.2. The second-order valence-corrected chi connectivity index (χ2v) is 3.64. The van der Waals surface area contributed by atoms with Crippen LogP contribution in [-0.2, 0) is 4.74 Å². The molecule has 15 heavy (non-hydrogen) atoms. The maximum Gasteiger partial charge on any atom is 0.414 e. The number of carbonyl (C=O) groups excluding carboxylic acids is 1. The van der Waals surface area contributed by atoms with E-state index in [9.17, 15) is 4.79 Å². The SMILES string of the molecule is CC(C)O[C@H]1NC(=O)Oc2ccccc21. The Balaban J connectivity index is 2.30. The fourth-order valence-electron chi connectivity index (χ4n) is 1.48. The number of benzene rings is 1. The van der Waals surface area contributed by atoms with Gasteiger partial charge in [0.05, 0.1) is 6.10 Å². The molecule has 0 aliphatic carbocycles. The first kappa shape index (κ1) is 9.98. The van der Waals surface area contributed by atoms with Crippen LogP contribution >= 0.6 is 0 Å². The number of fused-ring (bicyclic) bond motifs is 1. The fraction of sp³-hybridized carbons (Fsp3) is 0.364. The summed E-state index contributed by atoms with van der Waals surface area (Å²) in [6.45, 7) is 3.84. The lowest BCUT2D eigenvalue weighted by Crippen LogP contribution is -2.38. The first-order valence-electron chi connectivity index (χ1n) is 4.89. The monoisotopic (exact) mass is 207 g/mol. The predicted octanol–water partition coefficient (Wildman–Crippen LogP) is 2.21. The van der Waals surface area contributed by atoms with Crippen LogP contribution < -0.4 is 10.1 Å². The van der Waals surface area contributed by atoms with Crippen molar-refractivity contribution >= 4 is 6.09 Å². The lowest BCUT2D eigenvalue weighted by molar-refractivity contribution is -0.0165. The predicted molar refractivity (Wildman–Crippen MR) is 54.6 cm³/mol. The maximum atomic E-state index is 11.2. The highest BCUT2D eigenvalue weighted by Crippen LogP contribution is 2.30. The van der Waals surface area contributed by atoms with Gasteiger partial charge in [-0.25, -0.2) is 4.79 Å². The Kier molecular flexibility index (Phi) is 2.60. The van der Waals surface area contributed by atoms with Gasteiger partial charge < -0.3 is 9.47 Å². The molecule has 1 amide bonds. The maximum absolute atomic E-state index is 11.2. The van der Waals surface area contributed by atoms with E-state index in [-0.39, 0.29) is 6.10 Å². The molecule has 0 unspecified atom stereocenters. The number of rotatable bonds is 2. The normalized spacial score (nSPS) is 19.4. The highest BCUT2D eigenvalue weighted by molar-refractivity contribution is 5.73. The van der Waals surface area contributed by atoms with Crippen molar-refractivity contribution in [3.05, 3.63) is 29.8 Å². The van der Waals surface area contributed by atoms with Crippen LogP contribution in [0.2, 0.25) is 0 Å². The van der Waals surface area contributed by atoms with Crippen LogP contribution in [0, 0.1) is 0 Å². The van der Waals surface area contributed by atoms with E-state index in [4.69, 9.17) is 9.47 Å². The van der Waals surface area contributed by atoms with Crippen molar-refractivity contribution in [2.24, 2.45) is 0 Å². The number of nitrogens with one attached hydrogen (secondary N) is 1. The second-order valence-electron chi connectivity index (χ2n) is 3.64.